The number of benzene rings is 1. The summed E-state index contributed by atoms with van der Waals surface area (Å²) in [5, 5.41) is 0. The Hall–Kier alpha value is -1.60. The van der Waals surface area contributed by atoms with Crippen LogP contribution < -0.4 is 5.73 Å². The molecule has 2 N–H and O–H groups in total. The van der Waals surface area contributed by atoms with E-state index < -0.39 is 10.0 Å². The maximum atomic E-state index is 12.3. The summed E-state index contributed by atoms with van der Waals surface area (Å²) >= 11 is 0. The van der Waals surface area contributed by atoms with Gasteiger partial charge in [0.15, 0.2) is 0 Å². The van der Waals surface area contributed by atoms with Crippen molar-refractivity contribution in [3.05, 3.63) is 29.3 Å². The molecule has 0 unspecified atom stereocenters. The molecule has 1 aliphatic heterocycles. The van der Waals surface area contributed by atoms with E-state index in [2.05, 4.69) is 4.40 Å². The van der Waals surface area contributed by atoms with E-state index in [4.69, 9.17) is 10.5 Å². The molecule has 0 radical (unpaired) electrons. The Bertz CT molecular complexity index is 620. The summed E-state index contributed by atoms with van der Waals surface area (Å²) in [5.41, 5.74) is 7.47. The van der Waals surface area contributed by atoms with Gasteiger partial charge in [-0.25, -0.2) is 0 Å². The monoisotopic (exact) mass is 297 g/mol. The largest absolute Gasteiger partial charge is 0.378 e. The summed E-state index contributed by atoms with van der Waals surface area (Å²) in [6.07, 6.45) is 0. The molecule has 0 saturated carbocycles. The Morgan fingerprint density at radius 1 is 1.30 bits per heavy atom. The van der Waals surface area contributed by atoms with Crippen LogP contribution in [-0.2, 0) is 14.8 Å². The summed E-state index contributed by atoms with van der Waals surface area (Å²) < 4.78 is 33.5. The summed E-state index contributed by atoms with van der Waals surface area (Å²) in [7, 11) is -3.78. The zero-order chi connectivity index (χ0) is 14.8. The average Bonchev–Trinajstić information content (AvgIpc) is 2.38. The van der Waals surface area contributed by atoms with Gasteiger partial charge in [-0.05, 0) is 25.5 Å². The second-order valence-electron chi connectivity index (χ2n) is 4.79. The molecule has 1 heterocycles. The third-order valence-corrected chi connectivity index (χ3v) is 4.60. The SMILES string of the molecule is Cc1ccc(S(=O)(=O)N=C(N)N2CCOCC2)c(C)c1. The highest BCUT2D eigenvalue weighted by molar-refractivity contribution is 7.90. The fourth-order valence-electron chi connectivity index (χ4n) is 2.11. The second kappa shape index (κ2) is 5.80. The molecule has 1 aromatic rings. The van der Waals surface area contributed by atoms with Crippen molar-refractivity contribution in [2.24, 2.45) is 10.1 Å². The van der Waals surface area contributed by atoms with Crippen LogP contribution in [0.5, 0.6) is 0 Å². The highest BCUT2D eigenvalue weighted by Crippen LogP contribution is 2.19. The number of morpholine rings is 1. The number of nitrogens with two attached hydrogens (primary N) is 1. The van der Waals surface area contributed by atoms with Gasteiger partial charge < -0.3 is 15.4 Å². The first-order valence-electron chi connectivity index (χ1n) is 6.40. The number of hydrogen-bond acceptors (Lipinski definition) is 3. The molecule has 110 valence electrons. The van der Waals surface area contributed by atoms with Gasteiger partial charge >= 0.3 is 0 Å². The Morgan fingerprint density at radius 2 is 1.95 bits per heavy atom. The molecule has 20 heavy (non-hydrogen) atoms. The normalized spacial score (nSPS) is 17.3. The molecule has 6 nitrogen and oxygen atoms in total. The van der Waals surface area contributed by atoms with Crippen molar-refractivity contribution >= 4 is 16.0 Å². The van der Waals surface area contributed by atoms with Crippen LogP contribution in [0, 0.1) is 13.8 Å². The van der Waals surface area contributed by atoms with Crippen molar-refractivity contribution in [3.8, 4) is 0 Å². The van der Waals surface area contributed by atoms with Gasteiger partial charge in [-0.3, -0.25) is 0 Å². The summed E-state index contributed by atoms with van der Waals surface area (Å²) in [5.74, 6) is 0.0216. The predicted octanol–water partition coefficient (Wildman–Crippen LogP) is 0.639. The van der Waals surface area contributed by atoms with Gasteiger partial charge in [-0.15, -0.1) is 4.40 Å². The molecule has 0 bridgehead atoms. The minimum Gasteiger partial charge on any atom is -0.378 e. The lowest BCUT2D eigenvalue weighted by Gasteiger charge is -2.27. The molecule has 0 amide bonds. The lowest BCUT2D eigenvalue weighted by atomic mass is 10.2. The third-order valence-electron chi connectivity index (χ3n) is 3.16. The van der Waals surface area contributed by atoms with Crippen LogP contribution >= 0.6 is 0 Å². The second-order valence-corrected chi connectivity index (χ2v) is 6.37. The van der Waals surface area contributed by atoms with Crippen LogP contribution in [0.1, 0.15) is 11.1 Å². The van der Waals surface area contributed by atoms with Crippen LogP contribution in [0.15, 0.2) is 27.5 Å². The van der Waals surface area contributed by atoms with Gasteiger partial charge in [-0.2, -0.15) is 8.42 Å². The first kappa shape index (κ1) is 14.8. The number of ether oxygens (including phenoxy) is 1. The molecular weight excluding hydrogens is 278 g/mol. The quantitative estimate of drug-likeness (QED) is 0.639. The van der Waals surface area contributed by atoms with Crippen LogP contribution in [0.3, 0.4) is 0 Å². The molecule has 0 aliphatic carbocycles. The van der Waals surface area contributed by atoms with Gasteiger partial charge in [0.1, 0.15) is 0 Å². The van der Waals surface area contributed by atoms with E-state index in [1.54, 1.807) is 24.0 Å². The zero-order valence-corrected chi connectivity index (χ0v) is 12.5. The molecule has 1 aromatic carbocycles. The number of hydrogen-bond donors (Lipinski definition) is 1. The number of nitrogens with zero attached hydrogens (tertiary/aromatic N) is 2. The van der Waals surface area contributed by atoms with E-state index in [-0.39, 0.29) is 10.9 Å². The van der Waals surface area contributed by atoms with Gasteiger partial charge in [-0.1, -0.05) is 17.7 Å². The van der Waals surface area contributed by atoms with E-state index in [1.165, 1.54) is 0 Å². The van der Waals surface area contributed by atoms with Crippen LogP contribution in [-0.4, -0.2) is 45.6 Å². The molecule has 7 heteroatoms. The van der Waals surface area contributed by atoms with Gasteiger partial charge in [0.2, 0.25) is 5.96 Å². The highest BCUT2D eigenvalue weighted by atomic mass is 32.2. The molecule has 2 rings (SSSR count). The molecule has 1 aliphatic rings. The van der Waals surface area contributed by atoms with Crippen LogP contribution in [0.2, 0.25) is 0 Å². The van der Waals surface area contributed by atoms with Gasteiger partial charge in [0, 0.05) is 13.1 Å². The number of rotatable bonds is 2. The minimum atomic E-state index is -3.78. The molecule has 0 atom stereocenters. The molecule has 1 saturated heterocycles. The first-order valence-corrected chi connectivity index (χ1v) is 7.84. The molecule has 0 spiro atoms. The van der Waals surface area contributed by atoms with Crippen molar-refractivity contribution in [3.63, 3.8) is 0 Å². The Balaban J connectivity index is 2.30. The Labute approximate surface area is 119 Å². The van der Waals surface area contributed by atoms with Crippen LogP contribution in [0.4, 0.5) is 0 Å². The number of aryl methyl sites for hydroxylation is 2. The number of sulfonamides is 1. The third kappa shape index (κ3) is 3.29. The van der Waals surface area contributed by atoms with Crippen molar-refractivity contribution in [2.75, 3.05) is 26.3 Å². The summed E-state index contributed by atoms with van der Waals surface area (Å²) in [4.78, 5) is 1.91. The maximum absolute atomic E-state index is 12.3. The van der Waals surface area contributed by atoms with E-state index in [0.717, 1.165) is 5.56 Å². The smallest absolute Gasteiger partial charge is 0.285 e. The standard InChI is InChI=1S/C13H19N3O3S/c1-10-3-4-12(11(2)9-10)20(17,18)15-13(14)16-5-7-19-8-6-16/h3-4,9H,5-8H2,1-2H3,(H2,14,15). The first-order chi connectivity index (χ1) is 9.40. The highest BCUT2D eigenvalue weighted by Gasteiger charge is 2.19. The van der Waals surface area contributed by atoms with Gasteiger partial charge in [0.05, 0.1) is 18.1 Å². The Morgan fingerprint density at radius 3 is 2.55 bits per heavy atom. The van der Waals surface area contributed by atoms with Crippen LogP contribution in [0.25, 0.3) is 0 Å². The molecule has 1 fully saturated rings. The van der Waals surface area contributed by atoms with Crippen molar-refractivity contribution in [1.29, 1.82) is 0 Å². The van der Waals surface area contributed by atoms with E-state index in [9.17, 15) is 8.42 Å². The van der Waals surface area contributed by atoms with E-state index >= 15 is 0 Å². The molecule has 0 aromatic heterocycles. The molecular formula is C13H19N3O3S. The summed E-state index contributed by atoms with van der Waals surface area (Å²) in [6.45, 7) is 5.82. The predicted molar refractivity (Wildman–Crippen MR) is 77.1 cm³/mol. The zero-order valence-electron chi connectivity index (χ0n) is 11.7. The van der Waals surface area contributed by atoms with E-state index in [1.807, 2.05) is 13.0 Å². The van der Waals surface area contributed by atoms with E-state index in [0.29, 0.717) is 31.9 Å². The topological polar surface area (TPSA) is 85.0 Å². The maximum Gasteiger partial charge on any atom is 0.285 e. The fourth-order valence-corrected chi connectivity index (χ4v) is 3.28. The lowest BCUT2D eigenvalue weighted by Crippen LogP contribution is -2.45. The average molecular weight is 297 g/mol. The van der Waals surface area contributed by atoms with Crippen molar-refractivity contribution in [1.82, 2.24) is 4.90 Å². The van der Waals surface area contributed by atoms with Gasteiger partial charge in [0.25, 0.3) is 10.0 Å². The Kier molecular flexibility index (Phi) is 4.29. The lowest BCUT2D eigenvalue weighted by molar-refractivity contribution is 0.0676. The number of guanidine groups is 1. The van der Waals surface area contributed by atoms with Crippen molar-refractivity contribution in [2.45, 2.75) is 18.7 Å². The fraction of sp³-hybridized carbons (Fsp3) is 0.462. The van der Waals surface area contributed by atoms with Crippen molar-refractivity contribution < 1.29 is 13.2 Å². The summed E-state index contributed by atoms with van der Waals surface area (Å²) in [6, 6.07) is 5.13. The minimum absolute atomic E-state index is 0.0216.